The van der Waals surface area contributed by atoms with Crippen molar-refractivity contribution in [1.82, 2.24) is 15.2 Å². The summed E-state index contributed by atoms with van der Waals surface area (Å²) in [7, 11) is 0. The van der Waals surface area contributed by atoms with E-state index in [2.05, 4.69) is 10.3 Å². The summed E-state index contributed by atoms with van der Waals surface area (Å²) < 4.78 is 0. The molecule has 0 radical (unpaired) electrons. The van der Waals surface area contributed by atoms with Crippen LogP contribution in [0.1, 0.15) is 27.9 Å². The largest absolute Gasteiger partial charge is 0.348 e. The Bertz CT molecular complexity index is 991. The standard InChI is InChI=1S/C24H24N4O2/c29-23(26-17-20-8-4-13-25-16-20)21-9-11-22(12-10-21)28-15-5-14-27(24(28)30)18-19-6-2-1-3-7-19/h1-4,6-13,16H,5,14-15,17-18H2,(H,26,29). The van der Waals surface area contributed by atoms with Crippen LogP contribution in [0.3, 0.4) is 0 Å². The summed E-state index contributed by atoms with van der Waals surface area (Å²) in [6.45, 7) is 2.45. The van der Waals surface area contributed by atoms with Crippen molar-refractivity contribution in [2.75, 3.05) is 18.0 Å². The average molecular weight is 400 g/mol. The van der Waals surface area contributed by atoms with Gasteiger partial charge in [0.15, 0.2) is 0 Å². The van der Waals surface area contributed by atoms with Gasteiger partial charge >= 0.3 is 6.03 Å². The highest BCUT2D eigenvalue weighted by Crippen LogP contribution is 2.22. The van der Waals surface area contributed by atoms with Crippen molar-refractivity contribution >= 4 is 17.6 Å². The summed E-state index contributed by atoms with van der Waals surface area (Å²) >= 11 is 0. The van der Waals surface area contributed by atoms with Crippen molar-refractivity contribution in [3.8, 4) is 0 Å². The first kappa shape index (κ1) is 19.6. The van der Waals surface area contributed by atoms with Crippen LogP contribution in [0.15, 0.2) is 79.1 Å². The summed E-state index contributed by atoms with van der Waals surface area (Å²) in [5, 5.41) is 2.89. The third-order valence-electron chi connectivity index (χ3n) is 5.14. The number of rotatable bonds is 6. The Hall–Kier alpha value is -3.67. The van der Waals surface area contributed by atoms with Gasteiger partial charge in [-0.3, -0.25) is 14.7 Å². The van der Waals surface area contributed by atoms with Gasteiger partial charge in [0.1, 0.15) is 0 Å². The number of hydrogen-bond donors (Lipinski definition) is 1. The summed E-state index contributed by atoms with van der Waals surface area (Å²) in [5.74, 6) is -0.152. The van der Waals surface area contributed by atoms with Crippen LogP contribution in [0.5, 0.6) is 0 Å². The molecule has 1 aromatic heterocycles. The molecule has 1 aliphatic rings. The minimum absolute atomic E-state index is 0.00104. The van der Waals surface area contributed by atoms with Crippen molar-refractivity contribution in [3.05, 3.63) is 95.8 Å². The van der Waals surface area contributed by atoms with E-state index in [1.807, 2.05) is 59.5 Å². The fraction of sp³-hybridized carbons (Fsp3) is 0.208. The molecule has 2 aromatic carbocycles. The molecule has 30 heavy (non-hydrogen) atoms. The van der Waals surface area contributed by atoms with Crippen molar-refractivity contribution in [1.29, 1.82) is 0 Å². The Balaban J connectivity index is 1.39. The molecule has 2 heterocycles. The van der Waals surface area contributed by atoms with Gasteiger partial charge in [-0.05, 0) is 47.9 Å². The van der Waals surface area contributed by atoms with Crippen LogP contribution < -0.4 is 10.2 Å². The molecule has 1 N–H and O–H groups in total. The molecule has 0 atom stereocenters. The van der Waals surface area contributed by atoms with Crippen LogP contribution in [0.25, 0.3) is 0 Å². The van der Waals surface area contributed by atoms with Gasteiger partial charge in [0.2, 0.25) is 0 Å². The van der Waals surface area contributed by atoms with Crippen LogP contribution >= 0.6 is 0 Å². The molecule has 0 bridgehead atoms. The highest BCUT2D eigenvalue weighted by Gasteiger charge is 2.26. The van der Waals surface area contributed by atoms with Gasteiger partial charge < -0.3 is 10.2 Å². The van der Waals surface area contributed by atoms with Crippen molar-refractivity contribution in [3.63, 3.8) is 0 Å². The Kier molecular flexibility index (Phi) is 6.03. The van der Waals surface area contributed by atoms with E-state index in [9.17, 15) is 9.59 Å². The van der Waals surface area contributed by atoms with Gasteiger partial charge in [0.25, 0.3) is 5.91 Å². The smallest absolute Gasteiger partial charge is 0.324 e. The molecule has 0 saturated carbocycles. The zero-order valence-corrected chi connectivity index (χ0v) is 16.7. The van der Waals surface area contributed by atoms with Crippen molar-refractivity contribution in [2.24, 2.45) is 0 Å². The number of hydrogen-bond acceptors (Lipinski definition) is 3. The van der Waals surface area contributed by atoms with Crippen LogP contribution in [0, 0.1) is 0 Å². The number of anilines is 1. The fourth-order valence-electron chi connectivity index (χ4n) is 3.55. The number of nitrogens with one attached hydrogen (secondary N) is 1. The van der Waals surface area contributed by atoms with E-state index in [0.29, 0.717) is 25.2 Å². The maximum absolute atomic E-state index is 13.0. The second-order valence-corrected chi connectivity index (χ2v) is 7.29. The van der Waals surface area contributed by atoms with E-state index >= 15 is 0 Å². The molecule has 0 unspecified atom stereocenters. The predicted molar refractivity (Wildman–Crippen MR) is 116 cm³/mol. The second kappa shape index (κ2) is 9.22. The molecule has 4 rings (SSSR count). The van der Waals surface area contributed by atoms with Crippen LogP contribution in [-0.2, 0) is 13.1 Å². The maximum Gasteiger partial charge on any atom is 0.324 e. The van der Waals surface area contributed by atoms with Gasteiger partial charge in [0.05, 0.1) is 0 Å². The number of urea groups is 1. The molecule has 6 nitrogen and oxygen atoms in total. The Morgan fingerprint density at radius 2 is 1.70 bits per heavy atom. The number of amides is 3. The molecule has 152 valence electrons. The normalized spacial score (nSPS) is 13.9. The lowest BCUT2D eigenvalue weighted by Crippen LogP contribution is -2.49. The number of nitrogens with zero attached hydrogens (tertiary/aromatic N) is 3. The third kappa shape index (κ3) is 4.66. The van der Waals surface area contributed by atoms with E-state index in [1.165, 1.54) is 0 Å². The van der Waals surface area contributed by atoms with Crippen LogP contribution in [-0.4, -0.2) is 34.9 Å². The first-order chi connectivity index (χ1) is 14.7. The SMILES string of the molecule is O=C(NCc1cccnc1)c1ccc(N2CCCN(Cc3ccccc3)C2=O)cc1. The minimum Gasteiger partial charge on any atom is -0.348 e. The molecule has 3 aromatic rings. The Labute approximate surface area is 176 Å². The third-order valence-corrected chi connectivity index (χ3v) is 5.14. The number of carbonyl (C=O) groups is 2. The molecule has 3 amide bonds. The molecule has 0 spiro atoms. The number of carbonyl (C=O) groups excluding carboxylic acids is 2. The molecular formula is C24H24N4O2. The molecule has 1 aliphatic heterocycles. The van der Waals surface area contributed by atoms with Gasteiger partial charge in [0, 0.05) is 49.8 Å². The van der Waals surface area contributed by atoms with E-state index in [0.717, 1.165) is 29.8 Å². The minimum atomic E-state index is -0.152. The zero-order valence-electron chi connectivity index (χ0n) is 16.7. The van der Waals surface area contributed by atoms with Gasteiger partial charge in [-0.25, -0.2) is 4.79 Å². The van der Waals surface area contributed by atoms with Gasteiger partial charge in [-0.2, -0.15) is 0 Å². The zero-order chi connectivity index (χ0) is 20.8. The van der Waals surface area contributed by atoms with Crippen molar-refractivity contribution in [2.45, 2.75) is 19.5 Å². The monoisotopic (exact) mass is 400 g/mol. The number of aromatic nitrogens is 1. The molecule has 6 heteroatoms. The summed E-state index contributed by atoms with van der Waals surface area (Å²) in [5.41, 5.74) is 3.43. The number of pyridine rings is 1. The van der Waals surface area contributed by atoms with E-state index in [1.54, 1.807) is 29.4 Å². The lowest BCUT2D eigenvalue weighted by molar-refractivity contribution is 0.0951. The molecule has 1 saturated heterocycles. The Morgan fingerprint density at radius 1 is 0.933 bits per heavy atom. The molecular weight excluding hydrogens is 376 g/mol. The van der Waals surface area contributed by atoms with E-state index in [-0.39, 0.29) is 11.9 Å². The highest BCUT2D eigenvalue weighted by molar-refractivity contribution is 5.96. The van der Waals surface area contributed by atoms with E-state index < -0.39 is 0 Å². The quantitative estimate of drug-likeness (QED) is 0.684. The average Bonchev–Trinajstić information content (AvgIpc) is 2.80. The van der Waals surface area contributed by atoms with Crippen LogP contribution in [0.4, 0.5) is 10.5 Å². The first-order valence-electron chi connectivity index (χ1n) is 10.1. The van der Waals surface area contributed by atoms with Gasteiger partial charge in [-0.1, -0.05) is 36.4 Å². The predicted octanol–water partition coefficient (Wildman–Crippen LogP) is 3.84. The summed E-state index contributed by atoms with van der Waals surface area (Å²) in [6, 6.07) is 21.0. The topological polar surface area (TPSA) is 65.5 Å². The first-order valence-corrected chi connectivity index (χ1v) is 10.1. The lowest BCUT2D eigenvalue weighted by Gasteiger charge is -2.35. The summed E-state index contributed by atoms with van der Waals surface area (Å²) in [4.78, 5) is 33.1. The second-order valence-electron chi connectivity index (χ2n) is 7.29. The summed E-state index contributed by atoms with van der Waals surface area (Å²) in [6.07, 6.45) is 4.34. The van der Waals surface area contributed by atoms with Crippen LogP contribution in [0.2, 0.25) is 0 Å². The fourth-order valence-corrected chi connectivity index (χ4v) is 3.55. The lowest BCUT2D eigenvalue weighted by atomic mass is 10.1. The molecule has 0 aliphatic carbocycles. The Morgan fingerprint density at radius 3 is 2.43 bits per heavy atom. The maximum atomic E-state index is 13.0. The van der Waals surface area contributed by atoms with Crippen molar-refractivity contribution < 1.29 is 9.59 Å². The van der Waals surface area contributed by atoms with E-state index in [4.69, 9.17) is 0 Å². The molecule has 1 fully saturated rings. The number of benzene rings is 2. The highest BCUT2D eigenvalue weighted by atomic mass is 16.2. The van der Waals surface area contributed by atoms with Gasteiger partial charge in [-0.15, -0.1) is 0 Å².